The highest BCUT2D eigenvalue weighted by Crippen LogP contribution is 2.45. The maximum absolute atomic E-state index is 13.1. The Hall–Kier alpha value is -3.34. The van der Waals surface area contributed by atoms with Gasteiger partial charge in [-0.15, -0.1) is 0 Å². The highest BCUT2D eigenvalue weighted by atomic mass is 32.2. The third-order valence-corrected chi connectivity index (χ3v) is 8.73. The molecule has 2 unspecified atom stereocenters. The summed E-state index contributed by atoms with van der Waals surface area (Å²) in [6.07, 6.45) is 1.28. The number of ether oxygens (including phenoxy) is 2. The lowest BCUT2D eigenvalue weighted by molar-refractivity contribution is -0.0513. The van der Waals surface area contributed by atoms with Crippen LogP contribution >= 0.6 is 0 Å². The molecule has 5 rings (SSSR count). The van der Waals surface area contributed by atoms with Gasteiger partial charge < -0.3 is 14.6 Å². The molecule has 1 saturated carbocycles. The molecule has 1 heterocycles. The van der Waals surface area contributed by atoms with E-state index in [9.17, 15) is 22.3 Å². The van der Waals surface area contributed by atoms with Crippen LogP contribution in [0, 0.1) is 6.92 Å². The second-order valence-corrected chi connectivity index (χ2v) is 11.7. The van der Waals surface area contributed by atoms with E-state index in [-0.39, 0.29) is 34.9 Å². The second kappa shape index (κ2) is 11.0. The summed E-state index contributed by atoms with van der Waals surface area (Å²) >= 11 is 0. The highest BCUT2D eigenvalue weighted by Gasteiger charge is 2.37. The molecule has 0 aromatic heterocycles. The first-order chi connectivity index (χ1) is 18.6. The Bertz CT molecular complexity index is 1470. The van der Waals surface area contributed by atoms with E-state index in [1.807, 2.05) is 31.2 Å². The lowest BCUT2D eigenvalue weighted by Crippen LogP contribution is -2.34. The molecular formula is C29H30F2N2O5S. The predicted molar refractivity (Wildman–Crippen MR) is 143 cm³/mol. The van der Waals surface area contributed by atoms with E-state index in [0.29, 0.717) is 25.0 Å². The summed E-state index contributed by atoms with van der Waals surface area (Å²) in [5, 5.41) is 10.3. The van der Waals surface area contributed by atoms with Gasteiger partial charge in [-0.05, 0) is 61.6 Å². The van der Waals surface area contributed by atoms with Crippen molar-refractivity contribution in [2.24, 2.45) is 4.99 Å². The summed E-state index contributed by atoms with van der Waals surface area (Å²) in [5.74, 6) is -0.0184. The van der Waals surface area contributed by atoms with Crippen molar-refractivity contribution in [3.63, 3.8) is 0 Å². The lowest BCUT2D eigenvalue weighted by atomic mass is 9.74. The molecule has 0 radical (unpaired) electrons. The first-order valence-corrected chi connectivity index (χ1v) is 14.2. The van der Waals surface area contributed by atoms with Gasteiger partial charge in [0.1, 0.15) is 0 Å². The number of sulfonamides is 1. The number of hydrogen-bond donors (Lipinski definition) is 2. The smallest absolute Gasteiger partial charge is 0.387 e. The van der Waals surface area contributed by atoms with Crippen LogP contribution in [0.15, 0.2) is 70.6 Å². The number of hydrogen-bond acceptors (Lipinski definition) is 6. The van der Waals surface area contributed by atoms with Crippen LogP contribution in [-0.4, -0.2) is 45.1 Å². The van der Waals surface area contributed by atoms with Gasteiger partial charge in [0.25, 0.3) is 0 Å². The molecule has 0 spiro atoms. The molecule has 0 saturated heterocycles. The normalized spacial score (nSPS) is 20.7. The number of rotatable bonds is 8. The molecule has 1 fully saturated rings. The fraction of sp³-hybridized carbons (Fsp3) is 0.345. The summed E-state index contributed by atoms with van der Waals surface area (Å²) in [4.78, 5) is 5.23. The number of aliphatic hydroxyl groups is 1. The first-order valence-electron chi connectivity index (χ1n) is 12.7. The summed E-state index contributed by atoms with van der Waals surface area (Å²) in [7, 11) is -2.27. The fourth-order valence-electron chi connectivity index (χ4n) is 5.28. The van der Waals surface area contributed by atoms with E-state index in [4.69, 9.17) is 14.5 Å². The first kappa shape index (κ1) is 27.2. The lowest BCUT2D eigenvalue weighted by Gasteiger charge is -2.37. The van der Waals surface area contributed by atoms with Gasteiger partial charge >= 0.3 is 6.61 Å². The summed E-state index contributed by atoms with van der Waals surface area (Å²) in [5.41, 5.74) is 4.75. The number of fused-ring (bicyclic) bond motifs is 3. The number of benzene rings is 3. The zero-order chi connectivity index (χ0) is 27.7. The van der Waals surface area contributed by atoms with E-state index >= 15 is 0 Å². The second-order valence-electron chi connectivity index (χ2n) is 9.92. The van der Waals surface area contributed by atoms with Crippen molar-refractivity contribution in [2.75, 3.05) is 7.11 Å². The molecular weight excluding hydrogens is 526 g/mol. The van der Waals surface area contributed by atoms with Crippen molar-refractivity contribution in [3.05, 3.63) is 88.5 Å². The molecule has 1 aliphatic carbocycles. The predicted octanol–water partition coefficient (Wildman–Crippen LogP) is 4.93. The third kappa shape index (κ3) is 5.83. The molecule has 7 nitrogen and oxygen atoms in total. The SMILES string of the molecule is COc1cc2c(cc1OC(F)F)[C@H]1CC(O)CCC1N=C2c1ccc(CNS(=O)(=O)c2ccc(C)cc2)cc1. The quantitative estimate of drug-likeness (QED) is 0.410. The number of aryl methyl sites for hydroxylation is 1. The molecule has 0 bridgehead atoms. The number of nitrogens with one attached hydrogen (secondary N) is 1. The zero-order valence-corrected chi connectivity index (χ0v) is 22.4. The number of alkyl halides is 2. The average Bonchev–Trinajstić information content (AvgIpc) is 2.91. The topological polar surface area (TPSA) is 97.2 Å². The van der Waals surface area contributed by atoms with Crippen LogP contribution in [0.3, 0.4) is 0 Å². The van der Waals surface area contributed by atoms with E-state index in [0.717, 1.165) is 27.8 Å². The Morgan fingerprint density at radius 3 is 2.44 bits per heavy atom. The molecule has 0 amide bonds. The van der Waals surface area contributed by atoms with E-state index < -0.39 is 22.7 Å². The van der Waals surface area contributed by atoms with Gasteiger partial charge in [-0.3, -0.25) is 4.99 Å². The third-order valence-electron chi connectivity index (χ3n) is 7.31. The summed E-state index contributed by atoms with van der Waals surface area (Å²) < 4.78 is 64.3. The maximum Gasteiger partial charge on any atom is 0.387 e. The maximum atomic E-state index is 13.1. The minimum absolute atomic E-state index is 0.0532. The summed E-state index contributed by atoms with van der Waals surface area (Å²) in [6.45, 7) is -0.994. The zero-order valence-electron chi connectivity index (χ0n) is 21.6. The van der Waals surface area contributed by atoms with Crippen molar-refractivity contribution >= 4 is 15.7 Å². The Balaban J connectivity index is 1.43. The van der Waals surface area contributed by atoms with Crippen molar-refractivity contribution in [1.29, 1.82) is 0 Å². The van der Waals surface area contributed by atoms with Gasteiger partial charge in [0.2, 0.25) is 10.0 Å². The molecule has 3 atom stereocenters. The van der Waals surface area contributed by atoms with Crippen LogP contribution in [0.4, 0.5) is 8.78 Å². The summed E-state index contributed by atoms with van der Waals surface area (Å²) in [6, 6.07) is 17.2. The van der Waals surface area contributed by atoms with Crippen LogP contribution < -0.4 is 14.2 Å². The number of nitrogens with zero attached hydrogens (tertiary/aromatic N) is 1. The van der Waals surface area contributed by atoms with E-state index in [2.05, 4.69) is 4.72 Å². The molecule has 10 heteroatoms. The van der Waals surface area contributed by atoms with Gasteiger partial charge in [0.15, 0.2) is 11.5 Å². The average molecular weight is 557 g/mol. The molecule has 3 aromatic carbocycles. The van der Waals surface area contributed by atoms with Crippen molar-refractivity contribution in [2.45, 2.75) is 62.3 Å². The van der Waals surface area contributed by atoms with Crippen molar-refractivity contribution in [3.8, 4) is 11.5 Å². The van der Waals surface area contributed by atoms with Crippen LogP contribution in [0.1, 0.15) is 53.0 Å². The number of aliphatic hydroxyl groups excluding tert-OH is 1. The molecule has 1 aliphatic heterocycles. The van der Waals surface area contributed by atoms with Gasteiger partial charge in [0, 0.05) is 23.6 Å². The molecule has 3 aromatic rings. The van der Waals surface area contributed by atoms with Crippen LogP contribution in [0.5, 0.6) is 11.5 Å². The van der Waals surface area contributed by atoms with E-state index in [1.54, 1.807) is 36.4 Å². The Labute approximate surface area is 226 Å². The number of aliphatic imine (C=N–C) groups is 1. The van der Waals surface area contributed by atoms with Gasteiger partial charge in [0.05, 0.1) is 29.9 Å². The van der Waals surface area contributed by atoms with Gasteiger partial charge in [-0.25, -0.2) is 13.1 Å². The highest BCUT2D eigenvalue weighted by molar-refractivity contribution is 7.89. The van der Waals surface area contributed by atoms with Crippen LogP contribution in [0.25, 0.3) is 0 Å². The Kier molecular flexibility index (Phi) is 7.70. The van der Waals surface area contributed by atoms with Gasteiger partial charge in [-0.1, -0.05) is 42.0 Å². The minimum Gasteiger partial charge on any atom is -0.493 e. The van der Waals surface area contributed by atoms with Crippen LogP contribution in [0.2, 0.25) is 0 Å². The molecule has 39 heavy (non-hydrogen) atoms. The van der Waals surface area contributed by atoms with Crippen LogP contribution in [-0.2, 0) is 16.6 Å². The van der Waals surface area contributed by atoms with Crippen molar-refractivity contribution in [1.82, 2.24) is 4.72 Å². The standard InChI is InChI=1S/C29H30F2N2O5S/c1-17-3-10-21(11-4-17)39(35,36)32-16-18-5-7-19(8-6-18)28-24-15-26(37-2)27(38-29(30)31)14-22(24)23-13-20(34)9-12-25(23)33-28/h3-8,10-11,14-15,20,23,25,29,32,34H,9,12-13,16H2,1-2H3/t20?,23-,25?/m1/s1. The van der Waals surface area contributed by atoms with Crippen molar-refractivity contribution < 1.29 is 31.8 Å². The molecule has 2 N–H and O–H groups in total. The number of methoxy groups -OCH3 is 1. The number of halogens is 2. The van der Waals surface area contributed by atoms with Gasteiger partial charge in [-0.2, -0.15) is 8.78 Å². The monoisotopic (exact) mass is 556 g/mol. The molecule has 206 valence electrons. The Morgan fingerprint density at radius 1 is 1.05 bits per heavy atom. The largest absolute Gasteiger partial charge is 0.493 e. The minimum atomic E-state index is -3.66. The fourth-order valence-corrected chi connectivity index (χ4v) is 6.30. The van der Waals surface area contributed by atoms with E-state index in [1.165, 1.54) is 7.11 Å². The molecule has 2 aliphatic rings. The Morgan fingerprint density at radius 2 is 1.77 bits per heavy atom.